The van der Waals surface area contributed by atoms with Gasteiger partial charge in [0, 0.05) is 42.3 Å². The topological polar surface area (TPSA) is 15.3 Å². The Morgan fingerprint density at radius 1 is 1.33 bits per heavy atom. The van der Waals surface area contributed by atoms with Gasteiger partial charge in [0.2, 0.25) is 0 Å². The van der Waals surface area contributed by atoms with E-state index in [4.69, 9.17) is 0 Å². The standard InChI is InChI=1S/C17H24BrFN2/c1-2-3-4-5-9-16(21-12-10-20-11-13-21)17-14(18)7-6-8-15(17)19/h2,6-8,16,20H,1,3-5,9-13H2/t16-/m0/s1. The molecule has 2 rings (SSSR count). The van der Waals surface area contributed by atoms with Gasteiger partial charge < -0.3 is 5.32 Å². The number of hydrogen-bond donors (Lipinski definition) is 1. The number of nitrogens with zero attached hydrogens (tertiary/aromatic N) is 1. The molecule has 0 amide bonds. The third-order valence-electron chi connectivity index (χ3n) is 4.06. The maximum atomic E-state index is 14.3. The van der Waals surface area contributed by atoms with Gasteiger partial charge in [-0.05, 0) is 31.4 Å². The number of rotatable bonds is 7. The monoisotopic (exact) mass is 354 g/mol. The average Bonchev–Trinajstić information content (AvgIpc) is 2.50. The van der Waals surface area contributed by atoms with E-state index in [1.807, 2.05) is 12.1 Å². The molecule has 1 saturated heterocycles. The molecule has 2 nitrogen and oxygen atoms in total. The Bertz CT molecular complexity index is 438. The molecular formula is C17H24BrFN2. The number of benzene rings is 1. The highest BCUT2D eigenvalue weighted by atomic mass is 79.9. The molecule has 0 spiro atoms. The normalized spacial score (nSPS) is 17.6. The fraction of sp³-hybridized carbons (Fsp3) is 0.529. The van der Waals surface area contributed by atoms with E-state index in [1.165, 1.54) is 0 Å². The lowest BCUT2D eigenvalue weighted by molar-refractivity contribution is 0.159. The summed E-state index contributed by atoms with van der Waals surface area (Å²) in [5.41, 5.74) is 0.818. The van der Waals surface area contributed by atoms with Crippen molar-refractivity contribution in [1.29, 1.82) is 0 Å². The molecule has 0 bridgehead atoms. The van der Waals surface area contributed by atoms with Crippen molar-refractivity contribution in [3.8, 4) is 0 Å². The van der Waals surface area contributed by atoms with Crippen LogP contribution in [0.15, 0.2) is 35.3 Å². The van der Waals surface area contributed by atoms with Crippen LogP contribution in [-0.4, -0.2) is 31.1 Å². The quantitative estimate of drug-likeness (QED) is 0.580. The second-order valence-corrected chi connectivity index (χ2v) is 6.36. The molecule has 21 heavy (non-hydrogen) atoms. The minimum atomic E-state index is -0.100. The molecule has 1 aromatic rings. The second-order valence-electron chi connectivity index (χ2n) is 5.51. The summed E-state index contributed by atoms with van der Waals surface area (Å²) < 4.78 is 15.2. The Labute approximate surface area is 135 Å². The Hall–Kier alpha value is -0.710. The van der Waals surface area contributed by atoms with Crippen LogP contribution < -0.4 is 5.32 Å². The van der Waals surface area contributed by atoms with E-state index in [0.717, 1.165) is 61.9 Å². The summed E-state index contributed by atoms with van der Waals surface area (Å²) in [6, 6.07) is 5.43. The molecule has 116 valence electrons. The van der Waals surface area contributed by atoms with Crippen LogP contribution in [0, 0.1) is 5.82 Å². The van der Waals surface area contributed by atoms with Crippen LogP contribution >= 0.6 is 15.9 Å². The van der Waals surface area contributed by atoms with Crippen LogP contribution in [0.2, 0.25) is 0 Å². The third kappa shape index (κ3) is 4.63. The largest absolute Gasteiger partial charge is 0.314 e. The zero-order valence-corrected chi connectivity index (χ0v) is 14.0. The summed E-state index contributed by atoms with van der Waals surface area (Å²) >= 11 is 3.54. The van der Waals surface area contributed by atoms with Gasteiger partial charge >= 0.3 is 0 Å². The smallest absolute Gasteiger partial charge is 0.129 e. The minimum Gasteiger partial charge on any atom is -0.314 e. The number of hydrogen-bond acceptors (Lipinski definition) is 2. The van der Waals surface area contributed by atoms with Gasteiger partial charge in [0.25, 0.3) is 0 Å². The third-order valence-corrected chi connectivity index (χ3v) is 4.75. The lowest BCUT2D eigenvalue weighted by atomic mass is 9.97. The van der Waals surface area contributed by atoms with Gasteiger partial charge in [-0.3, -0.25) is 4.90 Å². The Kier molecular flexibility index (Phi) is 6.87. The fourth-order valence-corrected chi connectivity index (χ4v) is 3.56. The molecule has 1 aliphatic rings. The van der Waals surface area contributed by atoms with E-state index in [1.54, 1.807) is 12.1 Å². The molecule has 1 atom stereocenters. The number of halogens is 2. The summed E-state index contributed by atoms with van der Waals surface area (Å²) in [6.07, 6.45) is 6.21. The molecule has 1 aromatic carbocycles. The molecule has 4 heteroatoms. The summed E-state index contributed by atoms with van der Waals surface area (Å²) in [5.74, 6) is -0.100. The van der Waals surface area contributed by atoms with Crippen LogP contribution in [0.1, 0.15) is 37.3 Å². The van der Waals surface area contributed by atoms with E-state index in [9.17, 15) is 4.39 Å². The van der Waals surface area contributed by atoms with Crippen molar-refractivity contribution >= 4 is 15.9 Å². The highest BCUT2D eigenvalue weighted by molar-refractivity contribution is 9.10. The Morgan fingerprint density at radius 2 is 2.10 bits per heavy atom. The van der Waals surface area contributed by atoms with Crippen molar-refractivity contribution in [2.45, 2.75) is 31.7 Å². The van der Waals surface area contributed by atoms with E-state index in [-0.39, 0.29) is 11.9 Å². The van der Waals surface area contributed by atoms with E-state index in [2.05, 4.69) is 32.7 Å². The zero-order chi connectivity index (χ0) is 15.1. The van der Waals surface area contributed by atoms with Crippen LogP contribution in [0.3, 0.4) is 0 Å². The van der Waals surface area contributed by atoms with Crippen LogP contribution in [-0.2, 0) is 0 Å². The van der Waals surface area contributed by atoms with Gasteiger partial charge in [-0.2, -0.15) is 0 Å². The first kappa shape index (κ1) is 16.7. The molecule has 1 aliphatic heterocycles. The maximum Gasteiger partial charge on any atom is 0.129 e. The minimum absolute atomic E-state index is 0.100. The van der Waals surface area contributed by atoms with Crippen LogP contribution in [0.25, 0.3) is 0 Å². The summed E-state index contributed by atoms with van der Waals surface area (Å²) in [4.78, 5) is 2.41. The lowest BCUT2D eigenvalue weighted by Gasteiger charge is -2.36. The lowest BCUT2D eigenvalue weighted by Crippen LogP contribution is -2.45. The van der Waals surface area contributed by atoms with Gasteiger partial charge in [-0.1, -0.05) is 34.5 Å². The molecule has 1 N–H and O–H groups in total. The van der Waals surface area contributed by atoms with Gasteiger partial charge in [0.15, 0.2) is 0 Å². The number of allylic oxidation sites excluding steroid dienone is 1. The summed E-state index contributed by atoms with van der Waals surface area (Å²) in [5, 5.41) is 3.37. The highest BCUT2D eigenvalue weighted by Crippen LogP contribution is 2.34. The van der Waals surface area contributed by atoms with Crippen molar-refractivity contribution in [2.75, 3.05) is 26.2 Å². The first-order valence-corrected chi connectivity index (χ1v) is 8.53. The molecule has 0 aliphatic carbocycles. The molecular weight excluding hydrogens is 331 g/mol. The predicted octanol–water partition coefficient (Wildman–Crippen LogP) is 4.28. The number of piperazine rings is 1. The molecule has 1 fully saturated rings. The Balaban J connectivity index is 2.15. The van der Waals surface area contributed by atoms with E-state index >= 15 is 0 Å². The van der Waals surface area contributed by atoms with Gasteiger partial charge in [-0.15, -0.1) is 6.58 Å². The molecule has 0 aromatic heterocycles. The van der Waals surface area contributed by atoms with Crippen molar-refractivity contribution in [2.24, 2.45) is 0 Å². The van der Waals surface area contributed by atoms with E-state index in [0.29, 0.717) is 0 Å². The molecule has 0 saturated carbocycles. The summed E-state index contributed by atoms with van der Waals surface area (Å²) in [6.45, 7) is 7.69. The maximum absolute atomic E-state index is 14.3. The van der Waals surface area contributed by atoms with Gasteiger partial charge in [0.1, 0.15) is 5.82 Å². The van der Waals surface area contributed by atoms with Crippen LogP contribution in [0.4, 0.5) is 4.39 Å². The Morgan fingerprint density at radius 3 is 2.76 bits per heavy atom. The van der Waals surface area contributed by atoms with Gasteiger partial charge in [-0.25, -0.2) is 4.39 Å². The SMILES string of the molecule is C=CCCCC[C@@H](c1c(F)cccc1Br)N1CCNCC1. The highest BCUT2D eigenvalue weighted by Gasteiger charge is 2.25. The van der Waals surface area contributed by atoms with E-state index < -0.39 is 0 Å². The second kappa shape index (κ2) is 8.66. The predicted molar refractivity (Wildman–Crippen MR) is 89.9 cm³/mol. The van der Waals surface area contributed by atoms with Crippen LogP contribution in [0.5, 0.6) is 0 Å². The fourth-order valence-electron chi connectivity index (χ4n) is 2.96. The van der Waals surface area contributed by atoms with Crippen molar-refractivity contribution in [3.05, 3.63) is 46.7 Å². The molecule has 0 radical (unpaired) electrons. The average molecular weight is 355 g/mol. The van der Waals surface area contributed by atoms with Crippen molar-refractivity contribution < 1.29 is 4.39 Å². The molecule has 0 unspecified atom stereocenters. The summed E-state index contributed by atoms with van der Waals surface area (Å²) in [7, 11) is 0. The zero-order valence-electron chi connectivity index (χ0n) is 12.5. The number of unbranched alkanes of at least 4 members (excludes halogenated alkanes) is 2. The molecule has 1 heterocycles. The first-order valence-electron chi connectivity index (χ1n) is 7.73. The first-order chi connectivity index (χ1) is 10.2. The van der Waals surface area contributed by atoms with Gasteiger partial charge in [0.05, 0.1) is 0 Å². The van der Waals surface area contributed by atoms with Crippen molar-refractivity contribution in [3.63, 3.8) is 0 Å². The number of nitrogens with one attached hydrogen (secondary N) is 1. The van der Waals surface area contributed by atoms with Crippen molar-refractivity contribution in [1.82, 2.24) is 10.2 Å².